The largest absolute Gasteiger partial charge is 0.399 e. The lowest BCUT2D eigenvalue weighted by Crippen LogP contribution is -2.55. The fourth-order valence-electron chi connectivity index (χ4n) is 3.07. The number of halogens is 9. The van der Waals surface area contributed by atoms with Crippen LogP contribution in [-0.4, -0.2) is 36.3 Å². The van der Waals surface area contributed by atoms with Crippen LogP contribution in [0.4, 0.5) is 26.3 Å². The van der Waals surface area contributed by atoms with Crippen LogP contribution in [0, 0.1) is 0 Å². The molecule has 2 amide bonds. The average Bonchev–Trinajstić information content (AvgIpc) is 2.75. The number of carbonyl (C=O) groups excluding carboxylic acids is 2. The van der Waals surface area contributed by atoms with Gasteiger partial charge in [0.25, 0.3) is 5.91 Å². The molecule has 0 aliphatic rings. The summed E-state index contributed by atoms with van der Waals surface area (Å²) >= 11 is 17.6. The topological polar surface area (TPSA) is 58.2 Å². The van der Waals surface area contributed by atoms with Crippen molar-refractivity contribution in [2.45, 2.75) is 44.1 Å². The van der Waals surface area contributed by atoms with Crippen molar-refractivity contribution < 1.29 is 35.9 Å². The maximum Gasteiger partial charge on any atom is 0.399 e. The van der Waals surface area contributed by atoms with Crippen molar-refractivity contribution >= 4 is 52.7 Å². The third-order valence-corrected chi connectivity index (χ3v) is 6.26. The van der Waals surface area contributed by atoms with Crippen LogP contribution in [0.25, 0.3) is 6.08 Å². The van der Waals surface area contributed by atoms with Gasteiger partial charge in [0, 0.05) is 12.1 Å². The van der Waals surface area contributed by atoms with E-state index < -0.39 is 48.6 Å². The lowest BCUT2D eigenvalue weighted by molar-refractivity contribution is -0.139. The average molecular weight is 590 g/mol. The zero-order valence-electron chi connectivity index (χ0n) is 19.3. The van der Waals surface area contributed by atoms with Crippen molar-refractivity contribution in [3.63, 3.8) is 0 Å². The Kier molecular flexibility index (Phi) is 9.95. The number of benzene rings is 2. The molecule has 0 aliphatic heterocycles. The SMILES string of the molecule is CC(C)(NC(=O)c1ccc(/C=C/C(c2cc(Cl)c(Cl)c(Cl)c2)C(F)(F)F)cc1)C(=O)NCCC(F)(F)F. The van der Waals surface area contributed by atoms with E-state index in [1.54, 1.807) is 0 Å². The number of hydrogen-bond donors (Lipinski definition) is 2. The van der Waals surface area contributed by atoms with Crippen LogP contribution in [0.5, 0.6) is 0 Å². The fourth-order valence-corrected chi connectivity index (χ4v) is 3.68. The Labute approximate surface area is 224 Å². The van der Waals surface area contributed by atoms with Gasteiger partial charge in [-0.1, -0.05) is 59.1 Å². The van der Waals surface area contributed by atoms with E-state index in [9.17, 15) is 35.9 Å². The summed E-state index contributed by atoms with van der Waals surface area (Å²) in [7, 11) is 0. The molecule has 0 radical (unpaired) electrons. The number of rotatable bonds is 8. The van der Waals surface area contributed by atoms with Crippen LogP contribution in [0.3, 0.4) is 0 Å². The standard InChI is InChI=1S/C24H21Cl3F6N2O2/c1-22(2,21(37)34-10-9-23(28,29)30)35-20(36)14-6-3-13(4-7-14)5-8-16(24(31,32)33)15-11-17(25)19(27)18(26)12-15/h3-8,11-12,16H,9-10H2,1-2H3,(H,34,37)(H,35,36)/b8-5+. The van der Waals surface area contributed by atoms with Crippen LogP contribution in [0.15, 0.2) is 42.5 Å². The molecule has 2 N–H and O–H groups in total. The highest BCUT2D eigenvalue weighted by molar-refractivity contribution is 6.48. The van der Waals surface area contributed by atoms with Gasteiger partial charge >= 0.3 is 12.4 Å². The van der Waals surface area contributed by atoms with Gasteiger partial charge in [-0.2, -0.15) is 26.3 Å². The van der Waals surface area contributed by atoms with Gasteiger partial charge in [-0.3, -0.25) is 9.59 Å². The van der Waals surface area contributed by atoms with Crippen LogP contribution in [0.1, 0.15) is 47.7 Å². The summed E-state index contributed by atoms with van der Waals surface area (Å²) in [6.45, 7) is 1.99. The zero-order valence-corrected chi connectivity index (χ0v) is 21.6. The summed E-state index contributed by atoms with van der Waals surface area (Å²) in [6.07, 6.45) is -8.21. The molecule has 202 valence electrons. The molecule has 2 aromatic carbocycles. The third kappa shape index (κ3) is 9.12. The minimum Gasteiger partial charge on any atom is -0.354 e. The Morgan fingerprint density at radius 3 is 1.97 bits per heavy atom. The lowest BCUT2D eigenvalue weighted by Gasteiger charge is -2.25. The van der Waals surface area contributed by atoms with E-state index in [0.717, 1.165) is 18.2 Å². The van der Waals surface area contributed by atoms with E-state index in [-0.39, 0.29) is 26.2 Å². The number of allylic oxidation sites excluding steroid dienone is 1. The Balaban J connectivity index is 2.12. The maximum atomic E-state index is 13.7. The highest BCUT2D eigenvalue weighted by Crippen LogP contribution is 2.41. The second-order valence-corrected chi connectivity index (χ2v) is 9.69. The predicted octanol–water partition coefficient (Wildman–Crippen LogP) is 7.58. The minimum absolute atomic E-state index is 0.0622. The summed E-state index contributed by atoms with van der Waals surface area (Å²) in [6, 6.07) is 7.57. The first-order valence-corrected chi connectivity index (χ1v) is 11.7. The van der Waals surface area contributed by atoms with Crippen molar-refractivity contribution in [2.75, 3.05) is 6.54 Å². The van der Waals surface area contributed by atoms with E-state index >= 15 is 0 Å². The number of alkyl halides is 6. The Morgan fingerprint density at radius 1 is 0.946 bits per heavy atom. The zero-order chi connectivity index (χ0) is 28.2. The van der Waals surface area contributed by atoms with E-state index in [2.05, 4.69) is 10.6 Å². The summed E-state index contributed by atoms with van der Waals surface area (Å²) in [4.78, 5) is 24.7. The molecule has 1 unspecified atom stereocenters. The molecule has 0 aromatic heterocycles. The number of amides is 2. The molecule has 0 heterocycles. The Hall–Kier alpha value is -2.43. The van der Waals surface area contributed by atoms with E-state index in [4.69, 9.17) is 34.8 Å². The van der Waals surface area contributed by atoms with E-state index in [1.165, 1.54) is 44.2 Å². The quantitative estimate of drug-likeness (QED) is 0.246. The van der Waals surface area contributed by atoms with Gasteiger partial charge in [-0.15, -0.1) is 0 Å². The van der Waals surface area contributed by atoms with Crippen molar-refractivity contribution in [1.29, 1.82) is 0 Å². The fraction of sp³-hybridized carbons (Fsp3) is 0.333. The molecule has 13 heteroatoms. The normalized spacial score (nSPS) is 13.5. The second-order valence-electron chi connectivity index (χ2n) is 8.50. The maximum absolute atomic E-state index is 13.7. The van der Waals surface area contributed by atoms with Crippen LogP contribution in [-0.2, 0) is 4.79 Å². The molecule has 0 saturated heterocycles. The molecule has 2 rings (SSSR count). The van der Waals surface area contributed by atoms with Crippen molar-refractivity contribution in [3.05, 3.63) is 74.2 Å². The van der Waals surface area contributed by atoms with E-state index in [0.29, 0.717) is 5.56 Å². The summed E-state index contributed by atoms with van der Waals surface area (Å²) < 4.78 is 77.8. The lowest BCUT2D eigenvalue weighted by atomic mass is 9.97. The monoisotopic (exact) mass is 588 g/mol. The van der Waals surface area contributed by atoms with Crippen LogP contribution >= 0.6 is 34.8 Å². The summed E-state index contributed by atoms with van der Waals surface area (Å²) in [5.74, 6) is -3.56. The molecule has 0 aliphatic carbocycles. The van der Waals surface area contributed by atoms with Gasteiger partial charge in [-0.25, -0.2) is 0 Å². The highest BCUT2D eigenvalue weighted by Gasteiger charge is 2.39. The van der Waals surface area contributed by atoms with Crippen LogP contribution in [0.2, 0.25) is 15.1 Å². The molecule has 2 aromatic rings. The molecule has 37 heavy (non-hydrogen) atoms. The number of carbonyl (C=O) groups is 2. The molecule has 4 nitrogen and oxygen atoms in total. The minimum atomic E-state index is -4.66. The predicted molar refractivity (Wildman–Crippen MR) is 131 cm³/mol. The molecule has 0 fully saturated rings. The third-order valence-electron chi connectivity index (χ3n) is 5.06. The van der Waals surface area contributed by atoms with Gasteiger partial charge in [0.2, 0.25) is 5.91 Å². The summed E-state index contributed by atoms with van der Waals surface area (Å²) in [5, 5.41) is 4.21. The summed E-state index contributed by atoms with van der Waals surface area (Å²) in [5.41, 5.74) is -1.32. The Morgan fingerprint density at radius 2 is 1.49 bits per heavy atom. The number of hydrogen-bond acceptors (Lipinski definition) is 2. The highest BCUT2D eigenvalue weighted by atomic mass is 35.5. The van der Waals surface area contributed by atoms with Gasteiger partial charge < -0.3 is 10.6 Å². The molecule has 1 atom stereocenters. The van der Waals surface area contributed by atoms with Gasteiger partial charge in [0.1, 0.15) is 5.54 Å². The van der Waals surface area contributed by atoms with Gasteiger partial charge in [0.05, 0.1) is 27.4 Å². The Bertz CT molecular complexity index is 1140. The smallest absolute Gasteiger partial charge is 0.354 e. The molecule has 0 bridgehead atoms. The van der Waals surface area contributed by atoms with Gasteiger partial charge in [0.15, 0.2) is 0 Å². The first-order valence-electron chi connectivity index (χ1n) is 10.6. The van der Waals surface area contributed by atoms with Crippen molar-refractivity contribution in [3.8, 4) is 0 Å². The van der Waals surface area contributed by atoms with Crippen molar-refractivity contribution in [2.24, 2.45) is 0 Å². The molecule has 0 saturated carbocycles. The molecular formula is C24H21Cl3F6N2O2. The van der Waals surface area contributed by atoms with Crippen molar-refractivity contribution in [1.82, 2.24) is 10.6 Å². The second kappa shape index (κ2) is 12.0. The van der Waals surface area contributed by atoms with Gasteiger partial charge in [-0.05, 0) is 49.2 Å². The number of nitrogens with one attached hydrogen (secondary N) is 2. The first-order chi connectivity index (χ1) is 16.9. The molecular weight excluding hydrogens is 569 g/mol. The van der Waals surface area contributed by atoms with Crippen LogP contribution < -0.4 is 10.6 Å². The molecule has 0 spiro atoms. The first kappa shape index (κ1) is 30.8. The van der Waals surface area contributed by atoms with E-state index in [1.807, 2.05) is 0 Å².